The minimum Gasteiger partial charge on any atom is -0.348 e. The number of nitrogens with zero attached hydrogens (tertiary/aromatic N) is 6. The molecular formula is C20H21ClF2N6O. The van der Waals surface area contributed by atoms with Crippen LogP contribution in [0.3, 0.4) is 0 Å². The van der Waals surface area contributed by atoms with Gasteiger partial charge in [0.15, 0.2) is 22.8 Å². The van der Waals surface area contributed by atoms with Crippen LogP contribution in [0.25, 0.3) is 11.2 Å². The van der Waals surface area contributed by atoms with E-state index in [2.05, 4.69) is 20.3 Å². The summed E-state index contributed by atoms with van der Waals surface area (Å²) in [6, 6.07) is 6.55. The van der Waals surface area contributed by atoms with Crippen LogP contribution < -0.4 is 4.90 Å². The Bertz CT molecular complexity index is 1110. The first kappa shape index (κ1) is 20.6. The molecule has 1 aliphatic heterocycles. The Balaban J connectivity index is 1.76. The molecule has 2 aromatic heterocycles. The number of benzene rings is 1. The topological polar surface area (TPSA) is 76.8 Å². The zero-order valence-electron chi connectivity index (χ0n) is 16.9. The number of Topliss-reactive ketones (excluding diaryl/α,β-unsaturated/α-hetero) is 1. The second-order valence-electron chi connectivity index (χ2n) is 8.50. The van der Waals surface area contributed by atoms with Gasteiger partial charge >= 0.3 is 0 Å². The van der Waals surface area contributed by atoms with Crippen molar-refractivity contribution in [1.29, 1.82) is 0 Å². The van der Waals surface area contributed by atoms with E-state index in [1.54, 1.807) is 24.3 Å². The normalized spacial score (nSPS) is 16.4. The second-order valence-corrected chi connectivity index (χ2v) is 8.93. The summed E-state index contributed by atoms with van der Waals surface area (Å²) >= 11 is 5.88. The molecule has 1 aliphatic rings. The maximum atomic E-state index is 13.8. The fourth-order valence-corrected chi connectivity index (χ4v) is 3.41. The Kier molecular flexibility index (Phi) is 4.96. The number of carbonyl (C=O) groups excluding carboxylic acids is 1. The summed E-state index contributed by atoms with van der Waals surface area (Å²) < 4.78 is 29.0. The molecule has 3 heterocycles. The summed E-state index contributed by atoms with van der Waals surface area (Å²) in [4.78, 5) is 23.3. The van der Waals surface area contributed by atoms with E-state index in [4.69, 9.17) is 11.6 Å². The lowest BCUT2D eigenvalue weighted by Crippen LogP contribution is -2.27. The van der Waals surface area contributed by atoms with Crippen LogP contribution in [-0.4, -0.2) is 49.8 Å². The molecule has 0 radical (unpaired) electrons. The fraction of sp³-hybridized carbons (Fsp3) is 0.450. The minimum absolute atomic E-state index is 0.0890. The quantitative estimate of drug-likeness (QED) is 0.579. The van der Waals surface area contributed by atoms with E-state index in [1.165, 1.54) is 9.58 Å². The van der Waals surface area contributed by atoms with Crippen molar-refractivity contribution in [2.45, 2.75) is 45.1 Å². The van der Waals surface area contributed by atoms with Crippen LogP contribution in [0.1, 0.15) is 43.4 Å². The van der Waals surface area contributed by atoms with Gasteiger partial charge in [0.1, 0.15) is 12.4 Å². The molecule has 7 nitrogen and oxygen atoms in total. The van der Waals surface area contributed by atoms with Crippen molar-refractivity contribution in [3.05, 3.63) is 40.7 Å². The lowest BCUT2D eigenvalue weighted by Gasteiger charge is -2.22. The van der Waals surface area contributed by atoms with Crippen LogP contribution in [0, 0.1) is 0 Å². The molecule has 1 fully saturated rings. The summed E-state index contributed by atoms with van der Waals surface area (Å²) in [5, 5.41) is 8.73. The predicted molar refractivity (Wildman–Crippen MR) is 109 cm³/mol. The standard InChI is InChI=1S/C20H21ClF2N6O/c1-19(2,3)18-24-16(28-9-8-20(22,23)11-28)15-17(25-18)29(27-26-15)10-14(30)12-4-6-13(21)7-5-12/h4-7H,8-11H2,1-3H3. The van der Waals surface area contributed by atoms with Crippen LogP contribution in [0.4, 0.5) is 14.6 Å². The molecular weight excluding hydrogens is 414 g/mol. The first-order valence-electron chi connectivity index (χ1n) is 9.57. The highest BCUT2D eigenvalue weighted by Crippen LogP contribution is 2.34. The number of rotatable bonds is 4. The molecule has 1 aromatic carbocycles. The molecule has 0 unspecified atom stereocenters. The number of hydrogen-bond donors (Lipinski definition) is 0. The number of anilines is 1. The van der Waals surface area contributed by atoms with Gasteiger partial charge in [-0.15, -0.1) is 5.10 Å². The number of carbonyl (C=O) groups is 1. The number of ketones is 1. The monoisotopic (exact) mass is 434 g/mol. The number of fused-ring (bicyclic) bond motifs is 1. The van der Waals surface area contributed by atoms with Gasteiger partial charge < -0.3 is 4.90 Å². The number of hydrogen-bond acceptors (Lipinski definition) is 6. The van der Waals surface area contributed by atoms with Crippen molar-refractivity contribution in [3.8, 4) is 0 Å². The van der Waals surface area contributed by atoms with Gasteiger partial charge in [-0.25, -0.2) is 23.4 Å². The molecule has 4 rings (SSSR count). The highest BCUT2D eigenvalue weighted by atomic mass is 35.5. The number of alkyl halides is 2. The number of aromatic nitrogens is 5. The third-order valence-electron chi connectivity index (χ3n) is 4.94. The molecule has 0 aliphatic carbocycles. The summed E-state index contributed by atoms with van der Waals surface area (Å²) in [5.41, 5.74) is 0.708. The third-order valence-corrected chi connectivity index (χ3v) is 5.20. The van der Waals surface area contributed by atoms with E-state index < -0.39 is 17.9 Å². The van der Waals surface area contributed by atoms with Gasteiger partial charge in [0.25, 0.3) is 5.92 Å². The Morgan fingerprint density at radius 1 is 1.20 bits per heavy atom. The van der Waals surface area contributed by atoms with Crippen molar-refractivity contribution >= 4 is 34.4 Å². The molecule has 0 amide bonds. The lowest BCUT2D eigenvalue weighted by atomic mass is 9.96. The fourth-order valence-electron chi connectivity index (χ4n) is 3.28. The zero-order valence-corrected chi connectivity index (χ0v) is 17.6. The van der Waals surface area contributed by atoms with Crippen molar-refractivity contribution in [3.63, 3.8) is 0 Å². The molecule has 3 aromatic rings. The first-order chi connectivity index (χ1) is 14.0. The Morgan fingerprint density at radius 2 is 1.90 bits per heavy atom. The van der Waals surface area contributed by atoms with Crippen LogP contribution in [-0.2, 0) is 12.0 Å². The smallest absolute Gasteiger partial charge is 0.266 e. The molecule has 0 saturated carbocycles. The Labute approximate surface area is 177 Å². The summed E-state index contributed by atoms with van der Waals surface area (Å²) in [5.74, 6) is -2.17. The molecule has 30 heavy (non-hydrogen) atoms. The molecule has 0 bridgehead atoms. The van der Waals surface area contributed by atoms with Crippen LogP contribution >= 0.6 is 11.6 Å². The summed E-state index contributed by atoms with van der Waals surface area (Å²) in [7, 11) is 0. The van der Waals surface area contributed by atoms with E-state index in [0.29, 0.717) is 33.4 Å². The van der Waals surface area contributed by atoms with Gasteiger partial charge in [-0.2, -0.15) is 0 Å². The minimum atomic E-state index is -2.78. The van der Waals surface area contributed by atoms with E-state index >= 15 is 0 Å². The highest BCUT2D eigenvalue weighted by Gasteiger charge is 2.40. The van der Waals surface area contributed by atoms with E-state index in [0.717, 1.165) is 0 Å². The second kappa shape index (κ2) is 7.23. The van der Waals surface area contributed by atoms with Gasteiger partial charge in [-0.3, -0.25) is 4.79 Å². The average molecular weight is 435 g/mol. The van der Waals surface area contributed by atoms with Crippen LogP contribution in [0.2, 0.25) is 5.02 Å². The van der Waals surface area contributed by atoms with Crippen molar-refractivity contribution in [2.24, 2.45) is 0 Å². The lowest BCUT2D eigenvalue weighted by molar-refractivity contribution is 0.0257. The maximum absolute atomic E-state index is 13.8. The zero-order chi connectivity index (χ0) is 21.7. The molecule has 0 atom stereocenters. The van der Waals surface area contributed by atoms with Crippen molar-refractivity contribution < 1.29 is 13.6 Å². The van der Waals surface area contributed by atoms with Crippen molar-refractivity contribution in [1.82, 2.24) is 25.0 Å². The predicted octanol–water partition coefficient (Wildman–Crippen LogP) is 3.90. The van der Waals surface area contributed by atoms with Crippen molar-refractivity contribution in [2.75, 3.05) is 18.0 Å². The summed E-state index contributed by atoms with van der Waals surface area (Å²) in [6.45, 7) is 5.45. The highest BCUT2D eigenvalue weighted by molar-refractivity contribution is 6.30. The van der Waals surface area contributed by atoms with Crippen LogP contribution in [0.15, 0.2) is 24.3 Å². The van der Waals surface area contributed by atoms with E-state index in [-0.39, 0.29) is 25.3 Å². The van der Waals surface area contributed by atoms with Gasteiger partial charge in [0.05, 0.1) is 6.54 Å². The van der Waals surface area contributed by atoms with Crippen LogP contribution in [0.5, 0.6) is 0 Å². The maximum Gasteiger partial charge on any atom is 0.266 e. The van der Waals surface area contributed by atoms with Gasteiger partial charge in [0, 0.05) is 29.0 Å². The number of halogens is 3. The third kappa shape index (κ3) is 3.98. The largest absolute Gasteiger partial charge is 0.348 e. The molecule has 1 saturated heterocycles. The molecule has 0 spiro atoms. The first-order valence-corrected chi connectivity index (χ1v) is 9.94. The Hall–Kier alpha value is -2.68. The SMILES string of the molecule is CC(C)(C)c1nc(N2CCC(F)(F)C2)c2nnn(CC(=O)c3ccc(Cl)cc3)c2n1. The molecule has 0 N–H and O–H groups in total. The summed E-state index contributed by atoms with van der Waals surface area (Å²) in [6.07, 6.45) is -0.244. The van der Waals surface area contributed by atoms with E-state index in [1.807, 2.05) is 20.8 Å². The van der Waals surface area contributed by atoms with Gasteiger partial charge in [-0.1, -0.05) is 37.6 Å². The van der Waals surface area contributed by atoms with Gasteiger partial charge in [0.2, 0.25) is 0 Å². The average Bonchev–Trinajstić information content (AvgIpc) is 3.24. The van der Waals surface area contributed by atoms with Gasteiger partial charge in [-0.05, 0) is 24.3 Å². The van der Waals surface area contributed by atoms with E-state index in [9.17, 15) is 13.6 Å². The Morgan fingerprint density at radius 3 is 2.50 bits per heavy atom. The molecule has 158 valence electrons. The molecule has 10 heteroatoms.